The Morgan fingerprint density at radius 1 is 1.08 bits per heavy atom. The second-order valence-corrected chi connectivity index (χ2v) is 6.85. The van der Waals surface area contributed by atoms with Crippen LogP contribution in [0.4, 0.5) is 0 Å². The molecule has 4 rings (SSSR count). The zero-order chi connectivity index (χ0) is 17.2. The molecule has 1 aliphatic heterocycles. The van der Waals surface area contributed by atoms with Gasteiger partial charge in [-0.1, -0.05) is 12.8 Å². The number of hydrazone groups is 1. The highest BCUT2D eigenvalue weighted by Gasteiger charge is 2.17. The van der Waals surface area contributed by atoms with E-state index < -0.39 is 0 Å². The van der Waals surface area contributed by atoms with Crippen molar-refractivity contribution in [2.75, 3.05) is 0 Å². The number of nitrogens with one attached hydrogen (secondary N) is 1. The van der Waals surface area contributed by atoms with Gasteiger partial charge in [0.1, 0.15) is 5.82 Å². The predicted octanol–water partition coefficient (Wildman–Crippen LogP) is 2.78. The van der Waals surface area contributed by atoms with Crippen molar-refractivity contribution in [3.63, 3.8) is 0 Å². The molecule has 1 amide bonds. The molecule has 1 aromatic heterocycles. The summed E-state index contributed by atoms with van der Waals surface area (Å²) in [7, 11) is 0. The molecule has 0 atom stereocenters. The third-order valence-corrected chi connectivity index (χ3v) is 5.07. The van der Waals surface area contributed by atoms with Gasteiger partial charge in [0.2, 0.25) is 0 Å². The maximum atomic E-state index is 12.5. The van der Waals surface area contributed by atoms with E-state index in [2.05, 4.69) is 15.5 Å². The number of carbonyl (C=O) groups excluding carboxylic acids is 1. The van der Waals surface area contributed by atoms with Crippen molar-refractivity contribution in [3.05, 3.63) is 39.9 Å². The summed E-state index contributed by atoms with van der Waals surface area (Å²) in [6.45, 7) is 0.733. The average Bonchev–Trinajstić information content (AvgIpc) is 2.94. The van der Waals surface area contributed by atoms with Crippen LogP contribution in [0, 0.1) is 0 Å². The minimum atomic E-state index is -0.249. The number of rotatable bonds is 2. The number of hydrogen-bond acceptors (Lipinski definition) is 4. The quantitative estimate of drug-likeness (QED) is 0.676. The number of nitrogens with zero attached hydrogens (tertiary/aromatic N) is 3. The molecule has 0 unspecified atom stereocenters. The maximum Gasteiger partial charge on any atom is 0.271 e. The lowest BCUT2D eigenvalue weighted by Crippen LogP contribution is -2.22. The van der Waals surface area contributed by atoms with Gasteiger partial charge in [-0.15, -0.1) is 0 Å². The summed E-state index contributed by atoms with van der Waals surface area (Å²) in [5, 5.41) is 4.87. The molecule has 1 N–H and O–H groups in total. The molecule has 2 heterocycles. The van der Waals surface area contributed by atoms with Gasteiger partial charge in [-0.05, 0) is 50.3 Å². The van der Waals surface area contributed by atoms with Gasteiger partial charge in [0.25, 0.3) is 11.5 Å². The van der Waals surface area contributed by atoms with Crippen molar-refractivity contribution in [1.29, 1.82) is 0 Å². The van der Waals surface area contributed by atoms with Crippen molar-refractivity contribution in [3.8, 4) is 0 Å². The summed E-state index contributed by atoms with van der Waals surface area (Å²) >= 11 is 0. The van der Waals surface area contributed by atoms with Crippen molar-refractivity contribution < 1.29 is 4.79 Å². The first-order valence-electron chi connectivity index (χ1n) is 9.11. The Morgan fingerprint density at radius 3 is 2.68 bits per heavy atom. The van der Waals surface area contributed by atoms with Crippen LogP contribution in [0.1, 0.15) is 61.1 Å². The van der Waals surface area contributed by atoms with Crippen LogP contribution in [0.15, 0.2) is 28.1 Å². The lowest BCUT2D eigenvalue weighted by molar-refractivity contribution is 0.0954. The minimum absolute atomic E-state index is 0.0110. The number of benzene rings is 1. The molecule has 1 saturated carbocycles. The van der Waals surface area contributed by atoms with Gasteiger partial charge in [-0.3, -0.25) is 14.2 Å². The number of amides is 1. The number of aromatic nitrogens is 2. The zero-order valence-electron chi connectivity index (χ0n) is 14.3. The number of aryl methyl sites for hydroxylation is 1. The highest BCUT2D eigenvalue weighted by molar-refractivity contribution is 5.98. The van der Waals surface area contributed by atoms with Crippen LogP contribution in [0.3, 0.4) is 0 Å². The molecular weight excluding hydrogens is 316 g/mol. The third kappa shape index (κ3) is 3.21. The van der Waals surface area contributed by atoms with Crippen LogP contribution in [0.25, 0.3) is 10.9 Å². The fraction of sp³-hybridized carbons (Fsp3) is 0.474. The number of carbonyl (C=O) groups is 1. The van der Waals surface area contributed by atoms with Gasteiger partial charge in [0, 0.05) is 24.2 Å². The van der Waals surface area contributed by atoms with Crippen molar-refractivity contribution >= 4 is 22.5 Å². The highest BCUT2D eigenvalue weighted by Crippen LogP contribution is 2.17. The Labute approximate surface area is 146 Å². The Hall–Kier alpha value is -2.50. The van der Waals surface area contributed by atoms with E-state index in [0.29, 0.717) is 16.5 Å². The Morgan fingerprint density at radius 2 is 1.88 bits per heavy atom. The first-order chi connectivity index (χ1) is 12.2. The van der Waals surface area contributed by atoms with E-state index in [-0.39, 0.29) is 11.5 Å². The predicted molar refractivity (Wildman–Crippen MR) is 96.9 cm³/mol. The molecule has 0 radical (unpaired) electrons. The molecule has 1 aromatic carbocycles. The topological polar surface area (TPSA) is 76.3 Å². The van der Waals surface area contributed by atoms with Gasteiger partial charge in [-0.25, -0.2) is 10.4 Å². The SMILES string of the molecule is O=C(NN=C1CCCCCC1)c1ccc2c(=O)n3c(nc2c1)CCC3. The first kappa shape index (κ1) is 16.0. The van der Waals surface area contributed by atoms with Gasteiger partial charge in [-0.2, -0.15) is 5.10 Å². The first-order valence-corrected chi connectivity index (χ1v) is 9.11. The summed E-state index contributed by atoms with van der Waals surface area (Å²) in [5.41, 5.74) is 4.80. The molecule has 1 aliphatic carbocycles. The third-order valence-electron chi connectivity index (χ3n) is 5.07. The summed E-state index contributed by atoms with van der Waals surface area (Å²) < 4.78 is 1.74. The van der Waals surface area contributed by atoms with Gasteiger partial charge in [0.15, 0.2) is 0 Å². The van der Waals surface area contributed by atoms with Crippen molar-refractivity contribution in [1.82, 2.24) is 15.0 Å². The van der Waals surface area contributed by atoms with Gasteiger partial charge < -0.3 is 0 Å². The smallest absolute Gasteiger partial charge is 0.271 e. The van der Waals surface area contributed by atoms with Gasteiger partial charge >= 0.3 is 0 Å². The van der Waals surface area contributed by atoms with Crippen LogP contribution in [-0.4, -0.2) is 21.2 Å². The molecular formula is C19H22N4O2. The molecule has 6 nitrogen and oxygen atoms in total. The van der Waals surface area contributed by atoms with E-state index in [9.17, 15) is 9.59 Å². The molecule has 0 spiro atoms. The molecule has 2 aliphatic rings. The molecule has 130 valence electrons. The van der Waals surface area contributed by atoms with Crippen molar-refractivity contribution in [2.24, 2.45) is 5.10 Å². The fourth-order valence-electron chi connectivity index (χ4n) is 3.67. The van der Waals surface area contributed by atoms with E-state index >= 15 is 0 Å². The second-order valence-electron chi connectivity index (χ2n) is 6.85. The Balaban J connectivity index is 1.59. The van der Waals surface area contributed by atoms with Crippen LogP contribution in [0.2, 0.25) is 0 Å². The maximum absolute atomic E-state index is 12.5. The molecule has 25 heavy (non-hydrogen) atoms. The van der Waals surface area contributed by atoms with Gasteiger partial charge in [0.05, 0.1) is 10.9 Å². The Kier molecular flexibility index (Phi) is 4.34. The lowest BCUT2D eigenvalue weighted by Gasteiger charge is -2.07. The monoisotopic (exact) mass is 338 g/mol. The van der Waals surface area contributed by atoms with E-state index in [1.807, 2.05) is 0 Å². The lowest BCUT2D eigenvalue weighted by atomic mass is 10.1. The molecule has 0 bridgehead atoms. The number of fused-ring (bicyclic) bond motifs is 2. The minimum Gasteiger partial charge on any atom is -0.296 e. The van der Waals surface area contributed by atoms with E-state index in [1.165, 1.54) is 12.8 Å². The second kappa shape index (κ2) is 6.78. The summed E-state index contributed by atoms with van der Waals surface area (Å²) in [6.07, 6.45) is 8.45. The van der Waals surface area contributed by atoms with Crippen LogP contribution >= 0.6 is 0 Å². The zero-order valence-corrected chi connectivity index (χ0v) is 14.3. The largest absolute Gasteiger partial charge is 0.296 e. The fourth-order valence-corrected chi connectivity index (χ4v) is 3.67. The van der Waals surface area contributed by atoms with E-state index in [1.54, 1.807) is 22.8 Å². The Bertz CT molecular complexity index is 904. The normalized spacial score (nSPS) is 17.2. The van der Waals surface area contributed by atoms with E-state index in [0.717, 1.165) is 56.6 Å². The molecule has 6 heteroatoms. The van der Waals surface area contributed by atoms with Crippen LogP contribution in [-0.2, 0) is 13.0 Å². The molecule has 1 fully saturated rings. The number of hydrogen-bond donors (Lipinski definition) is 1. The average molecular weight is 338 g/mol. The molecule has 0 saturated heterocycles. The van der Waals surface area contributed by atoms with Crippen molar-refractivity contribution in [2.45, 2.75) is 57.9 Å². The van der Waals surface area contributed by atoms with E-state index in [4.69, 9.17) is 0 Å². The van der Waals surface area contributed by atoms with Crippen LogP contribution in [0.5, 0.6) is 0 Å². The van der Waals surface area contributed by atoms with Crippen LogP contribution < -0.4 is 11.0 Å². The summed E-state index contributed by atoms with van der Waals surface area (Å²) in [5.74, 6) is 0.565. The summed E-state index contributed by atoms with van der Waals surface area (Å²) in [6, 6.07) is 5.07. The summed E-state index contributed by atoms with van der Waals surface area (Å²) in [4.78, 5) is 29.4. The highest BCUT2D eigenvalue weighted by atomic mass is 16.2. The standard InChI is InChI=1S/C19H22N4O2/c24-18(22-21-14-6-3-1-2-4-7-14)13-9-10-15-16(12-13)20-17-8-5-11-23(17)19(15)25/h9-10,12H,1-8,11H2,(H,22,24). The molecule has 2 aromatic rings.